The van der Waals surface area contributed by atoms with E-state index in [1.165, 1.54) is 23.3 Å². The molecule has 0 aliphatic heterocycles. The number of hydrogen-bond acceptors (Lipinski definition) is 5. The number of thiophene rings is 1. The standard InChI is InChI=1S/C14H19N3OS/c1-4-18-11(9-5-6-9)13-16-12(15)10-7(2)8(3)19-14(10)17-13/h9,11H,4-6H2,1-3H3,(H2,15,16,17). The molecule has 2 aromatic heterocycles. The number of nitrogens with two attached hydrogens (primary N) is 1. The van der Waals surface area contributed by atoms with Crippen LogP contribution in [0, 0.1) is 19.8 Å². The van der Waals surface area contributed by atoms with Crippen molar-refractivity contribution in [2.24, 2.45) is 5.92 Å². The van der Waals surface area contributed by atoms with Gasteiger partial charge in [0.05, 0.1) is 5.39 Å². The van der Waals surface area contributed by atoms with Crippen molar-refractivity contribution < 1.29 is 4.74 Å². The molecule has 19 heavy (non-hydrogen) atoms. The maximum atomic E-state index is 6.13. The largest absolute Gasteiger partial charge is 0.383 e. The monoisotopic (exact) mass is 277 g/mol. The first-order chi connectivity index (χ1) is 9.11. The predicted octanol–water partition coefficient (Wildman–Crippen LogP) is 3.38. The van der Waals surface area contributed by atoms with Gasteiger partial charge in [-0.25, -0.2) is 9.97 Å². The molecule has 0 bridgehead atoms. The van der Waals surface area contributed by atoms with Gasteiger partial charge in [-0.3, -0.25) is 0 Å². The van der Waals surface area contributed by atoms with Gasteiger partial charge in [0, 0.05) is 11.5 Å². The van der Waals surface area contributed by atoms with Gasteiger partial charge in [0.15, 0.2) is 5.82 Å². The normalized spacial score (nSPS) is 17.0. The van der Waals surface area contributed by atoms with Gasteiger partial charge in [-0.2, -0.15) is 0 Å². The van der Waals surface area contributed by atoms with Gasteiger partial charge in [-0.1, -0.05) is 0 Å². The van der Waals surface area contributed by atoms with Crippen LogP contribution in [-0.4, -0.2) is 16.6 Å². The minimum absolute atomic E-state index is 0.0133. The van der Waals surface area contributed by atoms with Crippen LogP contribution in [0.25, 0.3) is 10.2 Å². The number of fused-ring (bicyclic) bond motifs is 1. The van der Waals surface area contributed by atoms with Gasteiger partial charge < -0.3 is 10.5 Å². The Balaban J connectivity index is 2.09. The minimum atomic E-state index is 0.0133. The second kappa shape index (κ2) is 4.72. The van der Waals surface area contributed by atoms with Crippen LogP contribution in [0.15, 0.2) is 0 Å². The summed E-state index contributed by atoms with van der Waals surface area (Å²) >= 11 is 1.69. The summed E-state index contributed by atoms with van der Waals surface area (Å²) in [4.78, 5) is 11.5. The Labute approximate surface area is 117 Å². The number of aryl methyl sites for hydroxylation is 2. The summed E-state index contributed by atoms with van der Waals surface area (Å²) in [5.41, 5.74) is 7.32. The average Bonchev–Trinajstić information content (AvgIpc) is 3.14. The fourth-order valence-electron chi connectivity index (χ4n) is 2.42. The van der Waals surface area contributed by atoms with Crippen molar-refractivity contribution >= 4 is 27.4 Å². The van der Waals surface area contributed by atoms with Gasteiger partial charge in [-0.15, -0.1) is 11.3 Å². The van der Waals surface area contributed by atoms with E-state index in [4.69, 9.17) is 15.5 Å². The average molecular weight is 277 g/mol. The fraction of sp³-hybridized carbons (Fsp3) is 0.571. The Kier molecular flexibility index (Phi) is 3.19. The molecule has 1 aliphatic carbocycles. The molecule has 1 fully saturated rings. The minimum Gasteiger partial charge on any atom is -0.383 e. The number of hydrogen-bond donors (Lipinski definition) is 1. The molecule has 0 amide bonds. The highest BCUT2D eigenvalue weighted by Gasteiger charge is 2.35. The van der Waals surface area contributed by atoms with E-state index in [9.17, 15) is 0 Å². The first kappa shape index (κ1) is 12.8. The van der Waals surface area contributed by atoms with Gasteiger partial charge in [0.2, 0.25) is 0 Å². The first-order valence-corrected chi connectivity index (χ1v) is 7.58. The summed E-state index contributed by atoms with van der Waals surface area (Å²) < 4.78 is 5.82. The van der Waals surface area contributed by atoms with Crippen molar-refractivity contribution in [1.82, 2.24) is 9.97 Å². The van der Waals surface area contributed by atoms with Gasteiger partial charge >= 0.3 is 0 Å². The second-order valence-corrected chi connectivity index (χ2v) is 6.35. The van der Waals surface area contributed by atoms with Crippen LogP contribution >= 0.6 is 11.3 Å². The van der Waals surface area contributed by atoms with Crippen LogP contribution in [0.1, 0.15) is 42.1 Å². The molecule has 1 saturated carbocycles. The van der Waals surface area contributed by atoms with Crippen LogP contribution in [0.3, 0.4) is 0 Å². The molecule has 2 aromatic rings. The van der Waals surface area contributed by atoms with Crippen molar-refractivity contribution in [2.45, 2.75) is 39.7 Å². The van der Waals surface area contributed by atoms with Crippen molar-refractivity contribution in [3.05, 3.63) is 16.3 Å². The lowest BCUT2D eigenvalue weighted by atomic mass is 10.2. The summed E-state index contributed by atoms with van der Waals surface area (Å²) in [5.74, 6) is 1.92. The molecular formula is C14H19N3OS. The fourth-order valence-corrected chi connectivity index (χ4v) is 3.47. The Morgan fingerprint density at radius 1 is 1.37 bits per heavy atom. The maximum absolute atomic E-state index is 6.13. The van der Waals surface area contributed by atoms with Crippen molar-refractivity contribution in [2.75, 3.05) is 12.3 Å². The molecule has 0 aromatic carbocycles. The molecule has 1 unspecified atom stereocenters. The number of nitrogens with zero attached hydrogens (tertiary/aromatic N) is 2. The highest BCUT2D eigenvalue weighted by atomic mass is 32.1. The molecule has 1 atom stereocenters. The molecule has 0 radical (unpaired) electrons. The van der Waals surface area contributed by atoms with E-state index in [0.29, 0.717) is 18.3 Å². The highest BCUT2D eigenvalue weighted by Crippen LogP contribution is 2.43. The van der Waals surface area contributed by atoms with Crippen LogP contribution in [0.4, 0.5) is 5.82 Å². The molecule has 2 heterocycles. The van der Waals surface area contributed by atoms with Crippen LogP contribution in [0.5, 0.6) is 0 Å². The van der Waals surface area contributed by atoms with Crippen LogP contribution in [-0.2, 0) is 4.74 Å². The van der Waals surface area contributed by atoms with Crippen molar-refractivity contribution in [3.63, 3.8) is 0 Å². The quantitative estimate of drug-likeness (QED) is 0.930. The topological polar surface area (TPSA) is 61.0 Å². The van der Waals surface area contributed by atoms with Crippen LogP contribution in [0.2, 0.25) is 0 Å². The molecular weight excluding hydrogens is 258 g/mol. The lowest BCUT2D eigenvalue weighted by Crippen LogP contribution is -2.12. The summed E-state index contributed by atoms with van der Waals surface area (Å²) in [6.07, 6.45) is 2.42. The summed E-state index contributed by atoms with van der Waals surface area (Å²) in [5, 5.41) is 1.01. The molecule has 2 N–H and O–H groups in total. The Morgan fingerprint density at radius 2 is 2.11 bits per heavy atom. The SMILES string of the molecule is CCOC(c1nc(N)c2c(C)c(C)sc2n1)C1CC1. The first-order valence-electron chi connectivity index (χ1n) is 6.76. The maximum Gasteiger partial charge on any atom is 0.161 e. The van der Waals surface area contributed by atoms with E-state index in [0.717, 1.165) is 16.0 Å². The smallest absolute Gasteiger partial charge is 0.161 e. The second-order valence-electron chi connectivity index (χ2n) is 5.14. The molecule has 102 valence electrons. The molecule has 0 spiro atoms. The lowest BCUT2D eigenvalue weighted by Gasteiger charge is -2.15. The predicted molar refractivity (Wildman–Crippen MR) is 78.4 cm³/mol. The summed E-state index contributed by atoms with van der Waals surface area (Å²) in [6, 6.07) is 0. The van der Waals surface area contributed by atoms with Gasteiger partial charge in [-0.05, 0) is 45.1 Å². The molecule has 5 heteroatoms. The van der Waals surface area contributed by atoms with Gasteiger partial charge in [0.1, 0.15) is 16.8 Å². The Morgan fingerprint density at radius 3 is 2.74 bits per heavy atom. The summed E-state index contributed by atoms with van der Waals surface area (Å²) in [6.45, 7) is 6.87. The Bertz CT molecular complexity index is 619. The molecule has 4 nitrogen and oxygen atoms in total. The molecule has 3 rings (SSSR count). The number of ether oxygens (including phenoxy) is 1. The van der Waals surface area contributed by atoms with E-state index in [1.807, 2.05) is 6.92 Å². The highest BCUT2D eigenvalue weighted by molar-refractivity contribution is 7.18. The number of nitrogen functional groups attached to an aromatic ring is 1. The van der Waals surface area contributed by atoms with E-state index >= 15 is 0 Å². The van der Waals surface area contributed by atoms with Crippen molar-refractivity contribution in [1.29, 1.82) is 0 Å². The zero-order valence-corrected chi connectivity index (χ0v) is 12.4. The van der Waals surface area contributed by atoms with Crippen molar-refractivity contribution in [3.8, 4) is 0 Å². The third kappa shape index (κ3) is 2.21. The molecule has 0 saturated heterocycles. The Hall–Kier alpha value is -1.20. The number of rotatable bonds is 4. The van der Waals surface area contributed by atoms with E-state index in [2.05, 4.69) is 18.8 Å². The zero-order valence-electron chi connectivity index (χ0n) is 11.6. The van der Waals surface area contributed by atoms with Gasteiger partial charge in [0.25, 0.3) is 0 Å². The number of aromatic nitrogens is 2. The zero-order chi connectivity index (χ0) is 13.6. The molecule has 1 aliphatic rings. The van der Waals surface area contributed by atoms with E-state index in [1.54, 1.807) is 11.3 Å². The third-order valence-electron chi connectivity index (χ3n) is 3.72. The van der Waals surface area contributed by atoms with E-state index < -0.39 is 0 Å². The third-order valence-corrected chi connectivity index (χ3v) is 4.83. The lowest BCUT2D eigenvalue weighted by molar-refractivity contribution is 0.0404. The number of anilines is 1. The van der Waals surface area contributed by atoms with E-state index in [-0.39, 0.29) is 6.10 Å². The summed E-state index contributed by atoms with van der Waals surface area (Å²) in [7, 11) is 0. The van der Waals surface area contributed by atoms with Crippen LogP contribution < -0.4 is 5.73 Å².